The average molecular weight is 328 g/mol. The summed E-state index contributed by atoms with van der Waals surface area (Å²) in [6.45, 7) is 9.95. The zero-order valence-corrected chi connectivity index (χ0v) is 15.0. The molecule has 0 radical (unpaired) electrons. The molecule has 1 atom stereocenters. The van der Waals surface area contributed by atoms with Crippen LogP contribution in [0, 0.1) is 0 Å². The summed E-state index contributed by atoms with van der Waals surface area (Å²) >= 11 is 0. The number of piperidine rings is 1. The van der Waals surface area contributed by atoms with Crippen LogP contribution in [0.1, 0.15) is 68.2 Å². The molecule has 2 N–H and O–H groups in total. The molecular formula is C19H28N4O. The fourth-order valence-electron chi connectivity index (χ4n) is 3.95. The fourth-order valence-corrected chi connectivity index (χ4v) is 3.95. The molecule has 0 bridgehead atoms. The van der Waals surface area contributed by atoms with Gasteiger partial charge >= 0.3 is 0 Å². The lowest BCUT2D eigenvalue weighted by Crippen LogP contribution is -2.36. The van der Waals surface area contributed by atoms with Crippen LogP contribution < -0.4 is 5.73 Å². The standard InChI is InChI=1S/C19H28N4O/c1-4-10-22-11-6-7-14(12-22)19-21-17-15(18(20)24)8-5-9-16(17)23(19)13(2)3/h5,8-9,13-14H,4,6-7,10-12H2,1-3H3,(H2,20,24). The molecule has 1 aromatic carbocycles. The second kappa shape index (κ2) is 6.93. The van der Waals surface area contributed by atoms with E-state index in [9.17, 15) is 4.79 Å². The largest absolute Gasteiger partial charge is 0.366 e. The molecule has 3 rings (SSSR count). The Morgan fingerprint density at radius 2 is 2.21 bits per heavy atom. The van der Waals surface area contributed by atoms with Crippen molar-refractivity contribution in [3.63, 3.8) is 0 Å². The maximum atomic E-state index is 11.8. The first-order valence-electron chi connectivity index (χ1n) is 9.06. The van der Waals surface area contributed by atoms with Gasteiger partial charge in [0.15, 0.2) is 0 Å². The highest BCUT2D eigenvalue weighted by Gasteiger charge is 2.27. The summed E-state index contributed by atoms with van der Waals surface area (Å²) in [6.07, 6.45) is 3.54. The number of para-hydroxylation sites is 1. The van der Waals surface area contributed by atoms with E-state index in [1.54, 1.807) is 6.07 Å². The lowest BCUT2D eigenvalue weighted by Gasteiger charge is -2.32. The normalized spacial score (nSPS) is 19.2. The minimum absolute atomic E-state index is 0.301. The van der Waals surface area contributed by atoms with Crippen molar-refractivity contribution in [2.45, 2.75) is 52.0 Å². The first-order chi connectivity index (χ1) is 11.5. The van der Waals surface area contributed by atoms with Gasteiger partial charge in [-0.3, -0.25) is 4.79 Å². The second-order valence-corrected chi connectivity index (χ2v) is 7.11. The quantitative estimate of drug-likeness (QED) is 0.916. The predicted octanol–water partition coefficient (Wildman–Crippen LogP) is 3.31. The first kappa shape index (κ1) is 17.0. The monoisotopic (exact) mass is 328 g/mol. The zero-order valence-electron chi connectivity index (χ0n) is 15.0. The SMILES string of the molecule is CCCN1CCCC(c2nc3c(C(N)=O)cccc3n2C(C)C)C1. The molecule has 130 valence electrons. The number of likely N-dealkylation sites (tertiary alicyclic amines) is 1. The van der Waals surface area contributed by atoms with Crippen LogP contribution in [0.5, 0.6) is 0 Å². The number of fused-ring (bicyclic) bond motifs is 1. The number of carbonyl (C=O) groups is 1. The Labute approximate surface area is 143 Å². The molecule has 1 saturated heterocycles. The Morgan fingerprint density at radius 3 is 2.88 bits per heavy atom. The third-order valence-corrected chi connectivity index (χ3v) is 4.94. The van der Waals surface area contributed by atoms with Crippen LogP contribution in [0.15, 0.2) is 18.2 Å². The van der Waals surface area contributed by atoms with E-state index < -0.39 is 5.91 Å². The maximum absolute atomic E-state index is 11.8. The number of aromatic nitrogens is 2. The Balaban J connectivity index is 2.08. The smallest absolute Gasteiger partial charge is 0.250 e. The molecule has 1 fully saturated rings. The molecule has 5 nitrogen and oxygen atoms in total. The zero-order chi connectivity index (χ0) is 17.3. The molecule has 1 amide bonds. The van der Waals surface area contributed by atoms with Gasteiger partial charge in [0, 0.05) is 18.5 Å². The van der Waals surface area contributed by atoms with Gasteiger partial charge in [-0.1, -0.05) is 13.0 Å². The molecule has 0 saturated carbocycles. The highest BCUT2D eigenvalue weighted by atomic mass is 16.1. The third kappa shape index (κ3) is 3.05. The van der Waals surface area contributed by atoms with Crippen LogP contribution in [0.2, 0.25) is 0 Å². The second-order valence-electron chi connectivity index (χ2n) is 7.11. The van der Waals surface area contributed by atoms with E-state index in [1.807, 2.05) is 12.1 Å². The third-order valence-electron chi connectivity index (χ3n) is 4.94. The number of hydrogen-bond acceptors (Lipinski definition) is 3. The predicted molar refractivity (Wildman–Crippen MR) is 97.3 cm³/mol. The van der Waals surface area contributed by atoms with Gasteiger partial charge in [0.25, 0.3) is 5.91 Å². The van der Waals surface area contributed by atoms with E-state index >= 15 is 0 Å². The van der Waals surface area contributed by atoms with Crippen LogP contribution in [0.25, 0.3) is 11.0 Å². The topological polar surface area (TPSA) is 64.2 Å². The molecule has 2 aromatic rings. The van der Waals surface area contributed by atoms with Crippen LogP contribution in [0.4, 0.5) is 0 Å². The van der Waals surface area contributed by atoms with E-state index in [0.717, 1.165) is 36.4 Å². The number of nitrogens with two attached hydrogens (primary N) is 1. The Morgan fingerprint density at radius 1 is 1.42 bits per heavy atom. The van der Waals surface area contributed by atoms with Crippen LogP contribution in [-0.2, 0) is 0 Å². The minimum atomic E-state index is -0.406. The van der Waals surface area contributed by atoms with Gasteiger partial charge in [-0.2, -0.15) is 0 Å². The number of benzene rings is 1. The molecule has 0 spiro atoms. The van der Waals surface area contributed by atoms with Crippen molar-refractivity contribution in [3.8, 4) is 0 Å². The Hall–Kier alpha value is -1.88. The summed E-state index contributed by atoms with van der Waals surface area (Å²) in [6, 6.07) is 6.02. The molecule has 1 aliphatic heterocycles. The van der Waals surface area contributed by atoms with Gasteiger partial charge in [0.2, 0.25) is 0 Å². The van der Waals surface area contributed by atoms with E-state index in [0.29, 0.717) is 17.5 Å². The number of imidazole rings is 1. The summed E-state index contributed by atoms with van der Waals surface area (Å²) in [4.78, 5) is 19.2. The van der Waals surface area contributed by atoms with Gasteiger partial charge in [-0.15, -0.1) is 0 Å². The van der Waals surface area contributed by atoms with Crippen molar-refractivity contribution in [2.24, 2.45) is 5.73 Å². The van der Waals surface area contributed by atoms with Crippen LogP contribution in [0.3, 0.4) is 0 Å². The number of amides is 1. The Kier molecular flexibility index (Phi) is 4.90. The fraction of sp³-hybridized carbons (Fsp3) is 0.579. The van der Waals surface area contributed by atoms with Crippen molar-refractivity contribution < 1.29 is 4.79 Å². The molecule has 0 aliphatic carbocycles. The van der Waals surface area contributed by atoms with Crippen molar-refractivity contribution in [3.05, 3.63) is 29.6 Å². The first-order valence-corrected chi connectivity index (χ1v) is 9.06. The Bertz CT molecular complexity index is 732. The minimum Gasteiger partial charge on any atom is -0.366 e. The van der Waals surface area contributed by atoms with Crippen LogP contribution >= 0.6 is 0 Å². The molecule has 5 heteroatoms. The van der Waals surface area contributed by atoms with Crippen molar-refractivity contribution >= 4 is 16.9 Å². The molecule has 2 heterocycles. The number of rotatable bonds is 5. The number of carbonyl (C=O) groups excluding carboxylic acids is 1. The van der Waals surface area contributed by atoms with Crippen molar-refractivity contribution in [2.75, 3.05) is 19.6 Å². The number of primary amides is 1. The highest BCUT2D eigenvalue weighted by Crippen LogP contribution is 2.32. The summed E-state index contributed by atoms with van der Waals surface area (Å²) in [5.74, 6) is 1.12. The average Bonchev–Trinajstić information content (AvgIpc) is 2.94. The maximum Gasteiger partial charge on any atom is 0.250 e. The summed E-state index contributed by atoms with van der Waals surface area (Å²) in [7, 11) is 0. The summed E-state index contributed by atoms with van der Waals surface area (Å²) in [5, 5.41) is 0. The lowest BCUT2D eigenvalue weighted by molar-refractivity contribution is 0.100. The van der Waals surface area contributed by atoms with E-state index in [4.69, 9.17) is 10.7 Å². The van der Waals surface area contributed by atoms with Gasteiger partial charge in [-0.05, 0) is 58.3 Å². The van der Waals surface area contributed by atoms with Crippen LogP contribution in [-0.4, -0.2) is 40.0 Å². The van der Waals surface area contributed by atoms with Gasteiger partial charge < -0.3 is 15.2 Å². The van der Waals surface area contributed by atoms with Gasteiger partial charge in [0.1, 0.15) is 11.3 Å². The van der Waals surface area contributed by atoms with E-state index in [-0.39, 0.29) is 0 Å². The van der Waals surface area contributed by atoms with E-state index in [2.05, 4.69) is 30.2 Å². The number of hydrogen-bond donors (Lipinski definition) is 1. The summed E-state index contributed by atoms with van der Waals surface area (Å²) < 4.78 is 2.29. The van der Waals surface area contributed by atoms with Crippen molar-refractivity contribution in [1.29, 1.82) is 0 Å². The number of nitrogens with zero attached hydrogens (tertiary/aromatic N) is 3. The van der Waals surface area contributed by atoms with E-state index in [1.165, 1.54) is 19.4 Å². The van der Waals surface area contributed by atoms with Gasteiger partial charge in [-0.25, -0.2) is 4.98 Å². The summed E-state index contributed by atoms with van der Waals surface area (Å²) in [5.41, 5.74) is 7.85. The molecule has 1 aromatic heterocycles. The molecule has 24 heavy (non-hydrogen) atoms. The van der Waals surface area contributed by atoms with Gasteiger partial charge in [0.05, 0.1) is 11.1 Å². The lowest BCUT2D eigenvalue weighted by atomic mass is 9.96. The molecule has 1 aliphatic rings. The molecular weight excluding hydrogens is 300 g/mol. The molecule has 1 unspecified atom stereocenters. The van der Waals surface area contributed by atoms with Crippen molar-refractivity contribution in [1.82, 2.24) is 14.5 Å². The highest BCUT2D eigenvalue weighted by molar-refractivity contribution is 6.04.